The van der Waals surface area contributed by atoms with Gasteiger partial charge in [0.1, 0.15) is 6.10 Å². The first-order valence-electron chi connectivity index (χ1n) is 12.6. The highest BCUT2D eigenvalue weighted by molar-refractivity contribution is 5.95. The maximum atomic E-state index is 13.4. The van der Waals surface area contributed by atoms with E-state index >= 15 is 0 Å². The van der Waals surface area contributed by atoms with Crippen molar-refractivity contribution in [2.24, 2.45) is 0 Å². The predicted molar refractivity (Wildman–Crippen MR) is 136 cm³/mol. The van der Waals surface area contributed by atoms with Gasteiger partial charge in [0, 0.05) is 31.1 Å². The lowest BCUT2D eigenvalue weighted by molar-refractivity contribution is -0.153. The van der Waals surface area contributed by atoms with Crippen molar-refractivity contribution < 1.29 is 36.7 Å². The van der Waals surface area contributed by atoms with E-state index in [1.54, 1.807) is 30.3 Å². The van der Waals surface area contributed by atoms with Crippen molar-refractivity contribution in [3.63, 3.8) is 0 Å². The lowest BCUT2D eigenvalue weighted by Gasteiger charge is -2.28. The maximum absolute atomic E-state index is 13.4. The second-order valence-corrected chi connectivity index (χ2v) is 9.32. The number of rotatable bonds is 8. The molecule has 1 heterocycles. The molecule has 1 aliphatic rings. The molecule has 1 aromatic heterocycles. The van der Waals surface area contributed by atoms with E-state index in [1.807, 2.05) is 12.1 Å². The number of aromatic nitrogens is 1. The first-order valence-corrected chi connectivity index (χ1v) is 12.6. The van der Waals surface area contributed by atoms with Gasteiger partial charge in [0.05, 0.1) is 0 Å². The number of oxazole rings is 1. The van der Waals surface area contributed by atoms with Crippen LogP contribution in [-0.4, -0.2) is 35.4 Å². The standard InChI is InChI=1S/C28H28F3N3O5/c1-17(35)38-22-13-9-19(10-14-22)18-7-11-21(12-8-18)33-23(36)15-16-32-26(37)24-25(28(29,30)31)39-27(34-24)20-5-3-2-4-6-20/h2-8,11-12,19,22H,9-10,13-16H2,1H3,(H,32,37)(H,33,36). The van der Waals surface area contributed by atoms with Gasteiger partial charge in [-0.2, -0.15) is 13.2 Å². The molecule has 0 aliphatic heterocycles. The molecular weight excluding hydrogens is 515 g/mol. The fourth-order valence-electron chi connectivity index (χ4n) is 4.55. The van der Waals surface area contributed by atoms with Crippen LogP contribution in [-0.2, 0) is 20.5 Å². The molecule has 3 aromatic rings. The maximum Gasteiger partial charge on any atom is 0.452 e. The molecule has 2 aromatic carbocycles. The molecule has 206 valence electrons. The van der Waals surface area contributed by atoms with Gasteiger partial charge in [0.25, 0.3) is 5.91 Å². The molecule has 0 radical (unpaired) electrons. The second kappa shape index (κ2) is 12.1. The smallest absolute Gasteiger partial charge is 0.452 e. The molecule has 0 bridgehead atoms. The van der Waals surface area contributed by atoms with Gasteiger partial charge in [-0.05, 0) is 61.4 Å². The average molecular weight is 544 g/mol. The number of nitrogens with zero attached hydrogens (tertiary/aromatic N) is 1. The van der Waals surface area contributed by atoms with E-state index in [9.17, 15) is 27.6 Å². The fraction of sp³-hybridized carbons (Fsp3) is 0.357. The molecule has 39 heavy (non-hydrogen) atoms. The number of hydrogen-bond donors (Lipinski definition) is 2. The minimum atomic E-state index is -4.92. The zero-order valence-corrected chi connectivity index (χ0v) is 21.2. The summed E-state index contributed by atoms with van der Waals surface area (Å²) in [6.07, 6.45) is -1.69. The normalized spacial score (nSPS) is 17.3. The Labute approximate surface area is 222 Å². The number of alkyl halides is 3. The zero-order chi connectivity index (χ0) is 28.0. The van der Waals surface area contributed by atoms with E-state index in [4.69, 9.17) is 9.15 Å². The van der Waals surface area contributed by atoms with Crippen LogP contribution in [0.25, 0.3) is 11.5 Å². The molecule has 11 heteroatoms. The highest BCUT2D eigenvalue weighted by atomic mass is 19.4. The minimum Gasteiger partial charge on any atom is -0.463 e. The minimum absolute atomic E-state index is 0.0342. The lowest BCUT2D eigenvalue weighted by Crippen LogP contribution is -2.29. The largest absolute Gasteiger partial charge is 0.463 e. The van der Waals surface area contributed by atoms with Gasteiger partial charge in [-0.1, -0.05) is 30.3 Å². The van der Waals surface area contributed by atoms with Crippen LogP contribution in [0.1, 0.15) is 66.8 Å². The summed E-state index contributed by atoms with van der Waals surface area (Å²) in [5, 5.41) is 5.02. The number of halogens is 3. The topological polar surface area (TPSA) is 111 Å². The number of carbonyl (C=O) groups excluding carboxylic acids is 3. The molecule has 0 spiro atoms. The van der Waals surface area contributed by atoms with Crippen molar-refractivity contribution >= 4 is 23.5 Å². The van der Waals surface area contributed by atoms with Crippen molar-refractivity contribution in [2.45, 2.75) is 57.2 Å². The third-order valence-corrected chi connectivity index (χ3v) is 6.43. The summed E-state index contributed by atoms with van der Waals surface area (Å²) >= 11 is 0. The molecule has 2 amide bonds. The third kappa shape index (κ3) is 7.46. The molecule has 8 nitrogen and oxygen atoms in total. The van der Waals surface area contributed by atoms with Crippen LogP contribution in [0, 0.1) is 0 Å². The molecule has 1 aliphatic carbocycles. The van der Waals surface area contributed by atoms with E-state index in [0.717, 1.165) is 31.2 Å². The summed E-state index contributed by atoms with van der Waals surface area (Å²) in [7, 11) is 0. The molecule has 0 saturated heterocycles. The predicted octanol–water partition coefficient (Wildman–Crippen LogP) is 5.71. The zero-order valence-electron chi connectivity index (χ0n) is 21.2. The number of esters is 1. The Bertz CT molecular complexity index is 1300. The quantitative estimate of drug-likeness (QED) is 0.352. The van der Waals surface area contributed by atoms with Gasteiger partial charge in [-0.3, -0.25) is 14.4 Å². The van der Waals surface area contributed by atoms with Crippen LogP contribution in [0.4, 0.5) is 18.9 Å². The Morgan fingerprint density at radius 1 is 1.00 bits per heavy atom. The number of hydrogen-bond acceptors (Lipinski definition) is 6. The highest BCUT2D eigenvalue weighted by Crippen LogP contribution is 2.36. The van der Waals surface area contributed by atoms with Crippen LogP contribution in [0.5, 0.6) is 0 Å². The Morgan fingerprint density at radius 2 is 1.67 bits per heavy atom. The van der Waals surface area contributed by atoms with Gasteiger partial charge in [0.15, 0.2) is 5.69 Å². The van der Waals surface area contributed by atoms with Crippen LogP contribution in [0.15, 0.2) is 59.0 Å². The SMILES string of the molecule is CC(=O)OC1CCC(c2ccc(NC(=O)CCNC(=O)c3nc(-c4ccccc4)oc3C(F)(F)F)cc2)CC1. The van der Waals surface area contributed by atoms with Crippen LogP contribution in [0.3, 0.4) is 0 Å². The summed E-state index contributed by atoms with van der Waals surface area (Å²) < 4.78 is 50.5. The second-order valence-electron chi connectivity index (χ2n) is 9.32. The highest BCUT2D eigenvalue weighted by Gasteiger charge is 2.42. The molecular formula is C28H28F3N3O5. The van der Waals surface area contributed by atoms with Crippen molar-refractivity contribution in [3.05, 3.63) is 71.6 Å². The third-order valence-electron chi connectivity index (χ3n) is 6.43. The van der Waals surface area contributed by atoms with Gasteiger partial charge in [-0.15, -0.1) is 0 Å². The number of ether oxygens (including phenoxy) is 1. The number of anilines is 1. The molecule has 2 N–H and O–H groups in total. The first-order chi connectivity index (χ1) is 18.6. The number of carbonyl (C=O) groups is 3. The van der Waals surface area contributed by atoms with Crippen molar-refractivity contribution in [3.8, 4) is 11.5 Å². The lowest BCUT2D eigenvalue weighted by atomic mass is 9.82. The summed E-state index contributed by atoms with van der Waals surface area (Å²) in [6.45, 7) is 1.22. The summed E-state index contributed by atoms with van der Waals surface area (Å²) in [5.74, 6) is -3.24. The summed E-state index contributed by atoms with van der Waals surface area (Å²) in [5.41, 5.74) is 1.10. The van der Waals surface area contributed by atoms with Crippen molar-refractivity contribution in [2.75, 3.05) is 11.9 Å². The Hall–Kier alpha value is -4.15. The molecule has 1 saturated carbocycles. The Morgan fingerprint density at radius 3 is 2.28 bits per heavy atom. The van der Waals surface area contributed by atoms with Crippen molar-refractivity contribution in [1.29, 1.82) is 0 Å². The molecule has 1 fully saturated rings. The van der Waals surface area contributed by atoms with Gasteiger partial charge < -0.3 is 19.8 Å². The van der Waals surface area contributed by atoms with E-state index in [0.29, 0.717) is 17.2 Å². The summed E-state index contributed by atoms with van der Waals surface area (Å²) in [4.78, 5) is 39.7. The number of nitrogens with one attached hydrogen (secondary N) is 2. The summed E-state index contributed by atoms with van der Waals surface area (Å²) in [6, 6.07) is 15.4. The van der Waals surface area contributed by atoms with Crippen LogP contribution < -0.4 is 10.6 Å². The monoisotopic (exact) mass is 543 g/mol. The molecule has 0 unspecified atom stereocenters. The van der Waals surface area contributed by atoms with Gasteiger partial charge >= 0.3 is 12.1 Å². The van der Waals surface area contributed by atoms with Gasteiger partial charge in [-0.25, -0.2) is 4.98 Å². The Kier molecular flexibility index (Phi) is 8.68. The van der Waals surface area contributed by atoms with E-state index < -0.39 is 29.4 Å². The average Bonchev–Trinajstić information content (AvgIpc) is 3.37. The van der Waals surface area contributed by atoms with E-state index in [-0.39, 0.29) is 30.9 Å². The Balaban J connectivity index is 1.27. The first kappa shape index (κ1) is 27.9. The van der Waals surface area contributed by atoms with Crippen LogP contribution in [0.2, 0.25) is 0 Å². The van der Waals surface area contributed by atoms with E-state index in [1.165, 1.54) is 19.1 Å². The number of benzene rings is 2. The van der Waals surface area contributed by atoms with Gasteiger partial charge in [0.2, 0.25) is 17.6 Å². The van der Waals surface area contributed by atoms with Crippen LogP contribution >= 0.6 is 0 Å². The fourth-order valence-corrected chi connectivity index (χ4v) is 4.55. The number of amides is 2. The molecule has 4 rings (SSSR count). The van der Waals surface area contributed by atoms with Crippen molar-refractivity contribution in [1.82, 2.24) is 10.3 Å². The molecule has 0 atom stereocenters. The van der Waals surface area contributed by atoms with E-state index in [2.05, 4.69) is 15.6 Å².